The van der Waals surface area contributed by atoms with E-state index in [4.69, 9.17) is 5.11 Å². The first-order chi connectivity index (χ1) is 10.2. The van der Waals surface area contributed by atoms with Crippen LogP contribution < -0.4 is 4.90 Å². The van der Waals surface area contributed by atoms with Crippen LogP contribution in [0.2, 0.25) is 0 Å². The normalized spacial score (nSPS) is 10.4. The van der Waals surface area contributed by atoms with Gasteiger partial charge in [0.15, 0.2) is 0 Å². The van der Waals surface area contributed by atoms with Gasteiger partial charge >= 0.3 is 0 Å². The average Bonchev–Trinajstić information content (AvgIpc) is 2.53. The molecule has 110 valence electrons. The molecule has 0 spiro atoms. The van der Waals surface area contributed by atoms with Crippen LogP contribution in [0.1, 0.15) is 18.2 Å². The molecule has 1 aromatic carbocycles. The molecule has 0 saturated heterocycles. The number of rotatable bonds is 6. The molecule has 0 aliphatic rings. The predicted molar refractivity (Wildman–Crippen MR) is 80.0 cm³/mol. The van der Waals surface area contributed by atoms with Crippen molar-refractivity contribution in [1.29, 1.82) is 0 Å². The third-order valence-corrected chi connectivity index (χ3v) is 3.22. The highest BCUT2D eigenvalue weighted by molar-refractivity contribution is 5.64. The molecule has 0 aliphatic carbocycles. The molecule has 2 aromatic rings. The lowest BCUT2D eigenvalue weighted by atomic mass is 10.1. The summed E-state index contributed by atoms with van der Waals surface area (Å²) in [7, 11) is 0. The van der Waals surface area contributed by atoms with Gasteiger partial charge in [-0.3, -0.25) is 15.1 Å². The zero-order chi connectivity index (χ0) is 15.2. The van der Waals surface area contributed by atoms with Gasteiger partial charge in [-0.2, -0.15) is 0 Å². The Hall–Kier alpha value is -2.47. The molecule has 1 N–H and O–H groups in total. The summed E-state index contributed by atoms with van der Waals surface area (Å²) in [5, 5.41) is 20.4. The molecule has 0 atom stereocenters. The fourth-order valence-corrected chi connectivity index (χ4v) is 2.14. The Bertz CT molecular complexity index is 617. The van der Waals surface area contributed by atoms with Crippen molar-refractivity contribution >= 4 is 11.4 Å². The summed E-state index contributed by atoms with van der Waals surface area (Å²) in [6, 6.07) is 10.4. The van der Waals surface area contributed by atoms with Crippen molar-refractivity contribution in [3.05, 3.63) is 64.0 Å². The summed E-state index contributed by atoms with van der Waals surface area (Å²) < 4.78 is 0. The quantitative estimate of drug-likeness (QED) is 0.652. The van der Waals surface area contributed by atoms with E-state index in [2.05, 4.69) is 4.98 Å². The van der Waals surface area contributed by atoms with Crippen molar-refractivity contribution in [3.63, 3.8) is 0 Å². The minimum absolute atomic E-state index is 0.000619. The van der Waals surface area contributed by atoms with Gasteiger partial charge < -0.3 is 10.0 Å². The van der Waals surface area contributed by atoms with Crippen LogP contribution in [-0.2, 0) is 13.2 Å². The van der Waals surface area contributed by atoms with Crippen LogP contribution in [0.25, 0.3) is 0 Å². The van der Waals surface area contributed by atoms with Crippen LogP contribution >= 0.6 is 0 Å². The monoisotopic (exact) mass is 287 g/mol. The van der Waals surface area contributed by atoms with E-state index >= 15 is 0 Å². The third-order valence-electron chi connectivity index (χ3n) is 3.22. The largest absolute Gasteiger partial charge is 0.392 e. The molecule has 0 unspecified atom stereocenters. The van der Waals surface area contributed by atoms with Crippen LogP contribution in [-0.4, -0.2) is 21.6 Å². The van der Waals surface area contributed by atoms with Crippen LogP contribution in [0.15, 0.2) is 42.6 Å². The van der Waals surface area contributed by atoms with Crippen LogP contribution in [0.5, 0.6) is 0 Å². The molecular weight excluding hydrogens is 270 g/mol. The van der Waals surface area contributed by atoms with E-state index < -0.39 is 4.92 Å². The fraction of sp³-hybridized carbons (Fsp3) is 0.267. The second kappa shape index (κ2) is 6.81. The second-order valence-corrected chi connectivity index (χ2v) is 4.57. The first-order valence-electron chi connectivity index (χ1n) is 6.68. The number of pyridine rings is 1. The molecule has 6 nitrogen and oxygen atoms in total. The summed E-state index contributed by atoms with van der Waals surface area (Å²) in [5.74, 6) is 0. The molecule has 0 radical (unpaired) electrons. The maximum Gasteiger partial charge on any atom is 0.292 e. The maximum atomic E-state index is 11.2. The Morgan fingerprint density at radius 3 is 2.71 bits per heavy atom. The summed E-state index contributed by atoms with van der Waals surface area (Å²) in [6.45, 7) is 2.84. The summed E-state index contributed by atoms with van der Waals surface area (Å²) >= 11 is 0. The van der Waals surface area contributed by atoms with E-state index in [0.29, 0.717) is 24.3 Å². The second-order valence-electron chi connectivity index (χ2n) is 4.57. The Labute approximate surface area is 122 Å². The molecule has 0 aliphatic heterocycles. The maximum absolute atomic E-state index is 11.2. The number of anilines is 1. The summed E-state index contributed by atoms with van der Waals surface area (Å²) in [5.41, 5.74) is 1.91. The topological polar surface area (TPSA) is 79.5 Å². The van der Waals surface area contributed by atoms with Crippen molar-refractivity contribution in [2.45, 2.75) is 20.1 Å². The Morgan fingerprint density at radius 2 is 2.14 bits per heavy atom. The minimum Gasteiger partial charge on any atom is -0.392 e. The number of nitro groups is 1. The summed E-state index contributed by atoms with van der Waals surface area (Å²) in [4.78, 5) is 17.0. The van der Waals surface area contributed by atoms with Gasteiger partial charge in [0, 0.05) is 18.8 Å². The van der Waals surface area contributed by atoms with Gasteiger partial charge in [0.05, 0.1) is 23.8 Å². The molecule has 0 bridgehead atoms. The van der Waals surface area contributed by atoms with Gasteiger partial charge in [-0.25, -0.2) is 0 Å². The zero-order valence-corrected chi connectivity index (χ0v) is 11.8. The molecule has 1 aromatic heterocycles. The first-order valence-corrected chi connectivity index (χ1v) is 6.68. The number of aliphatic hydroxyl groups excluding tert-OH is 1. The van der Waals surface area contributed by atoms with Gasteiger partial charge in [0.25, 0.3) is 5.69 Å². The SMILES string of the molecule is CCN(Cc1ccccn1)c1ccc(CO)cc1[N+](=O)[O-]. The lowest BCUT2D eigenvalue weighted by molar-refractivity contribution is -0.384. The molecule has 0 amide bonds. The molecule has 21 heavy (non-hydrogen) atoms. The molecule has 2 rings (SSSR count). The highest BCUT2D eigenvalue weighted by Gasteiger charge is 2.19. The van der Waals surface area contributed by atoms with E-state index in [1.165, 1.54) is 6.07 Å². The van der Waals surface area contributed by atoms with Crippen LogP contribution in [0, 0.1) is 10.1 Å². The van der Waals surface area contributed by atoms with E-state index in [0.717, 1.165) is 5.69 Å². The molecular formula is C15H17N3O3. The first kappa shape index (κ1) is 14.9. The van der Waals surface area contributed by atoms with Gasteiger partial charge in [0.2, 0.25) is 0 Å². The van der Waals surface area contributed by atoms with E-state index in [1.807, 2.05) is 30.0 Å². The van der Waals surface area contributed by atoms with Crippen LogP contribution in [0.4, 0.5) is 11.4 Å². The minimum atomic E-state index is -0.421. The highest BCUT2D eigenvalue weighted by Crippen LogP contribution is 2.30. The number of nitrogens with zero attached hydrogens (tertiary/aromatic N) is 3. The standard InChI is InChI=1S/C15H17N3O3/c1-2-17(10-13-5-3-4-8-16-13)14-7-6-12(11-19)9-15(14)18(20)21/h3-9,19H,2,10-11H2,1H3. The van der Waals surface area contributed by atoms with E-state index in [9.17, 15) is 10.1 Å². The number of hydrogen-bond donors (Lipinski definition) is 1. The zero-order valence-electron chi connectivity index (χ0n) is 11.8. The third kappa shape index (κ3) is 3.55. The predicted octanol–water partition coefficient (Wildman–Crippen LogP) is 2.51. The smallest absolute Gasteiger partial charge is 0.292 e. The molecule has 0 saturated carbocycles. The number of aromatic nitrogens is 1. The van der Waals surface area contributed by atoms with Crippen molar-refractivity contribution in [2.24, 2.45) is 0 Å². The number of benzene rings is 1. The summed E-state index contributed by atoms with van der Waals surface area (Å²) in [6.07, 6.45) is 1.70. The molecule has 6 heteroatoms. The number of hydrogen-bond acceptors (Lipinski definition) is 5. The van der Waals surface area contributed by atoms with Gasteiger partial charge in [0.1, 0.15) is 5.69 Å². The molecule has 0 fully saturated rings. The number of nitro benzene ring substituents is 1. The fourth-order valence-electron chi connectivity index (χ4n) is 2.14. The van der Waals surface area contributed by atoms with E-state index in [-0.39, 0.29) is 12.3 Å². The lowest BCUT2D eigenvalue weighted by Crippen LogP contribution is -2.23. The Kier molecular flexibility index (Phi) is 4.84. The van der Waals surface area contributed by atoms with Crippen LogP contribution in [0.3, 0.4) is 0 Å². The molecule has 1 heterocycles. The van der Waals surface area contributed by atoms with Gasteiger partial charge in [-0.1, -0.05) is 12.1 Å². The van der Waals surface area contributed by atoms with E-state index in [1.54, 1.807) is 18.3 Å². The van der Waals surface area contributed by atoms with Crippen molar-refractivity contribution in [1.82, 2.24) is 4.98 Å². The highest BCUT2D eigenvalue weighted by atomic mass is 16.6. The van der Waals surface area contributed by atoms with Gasteiger partial charge in [-0.05, 0) is 30.7 Å². The van der Waals surface area contributed by atoms with Gasteiger partial charge in [-0.15, -0.1) is 0 Å². The number of aliphatic hydroxyl groups is 1. The Morgan fingerprint density at radius 1 is 1.33 bits per heavy atom. The van der Waals surface area contributed by atoms with Crippen molar-refractivity contribution in [2.75, 3.05) is 11.4 Å². The Balaban J connectivity index is 2.35. The van der Waals surface area contributed by atoms with Crippen molar-refractivity contribution < 1.29 is 10.0 Å². The average molecular weight is 287 g/mol. The lowest BCUT2D eigenvalue weighted by Gasteiger charge is -2.22. The van der Waals surface area contributed by atoms with Crippen molar-refractivity contribution in [3.8, 4) is 0 Å².